The van der Waals surface area contributed by atoms with Crippen LogP contribution < -0.4 is 10.6 Å². The van der Waals surface area contributed by atoms with Crippen molar-refractivity contribution in [3.8, 4) is 0 Å². The van der Waals surface area contributed by atoms with Gasteiger partial charge >= 0.3 is 0 Å². The third kappa shape index (κ3) is 4.45. The second-order valence-electron chi connectivity index (χ2n) is 7.77. The summed E-state index contributed by atoms with van der Waals surface area (Å²) in [6.07, 6.45) is 3.92. The Morgan fingerprint density at radius 1 is 1.35 bits per heavy atom. The molecule has 2 aliphatic rings. The van der Waals surface area contributed by atoms with E-state index < -0.39 is 0 Å². The number of hydrogen-bond donors (Lipinski definition) is 3. The van der Waals surface area contributed by atoms with Crippen molar-refractivity contribution in [1.82, 2.24) is 10.6 Å². The van der Waals surface area contributed by atoms with Crippen LogP contribution in [0.2, 0.25) is 0 Å². The molecule has 116 valence electrons. The maximum absolute atomic E-state index is 12.1. The molecule has 1 saturated heterocycles. The van der Waals surface area contributed by atoms with Gasteiger partial charge in [0.1, 0.15) is 0 Å². The van der Waals surface area contributed by atoms with Crippen LogP contribution in [-0.2, 0) is 4.79 Å². The van der Waals surface area contributed by atoms with Gasteiger partial charge in [0.15, 0.2) is 0 Å². The summed E-state index contributed by atoms with van der Waals surface area (Å²) in [5.41, 5.74) is 0.369. The van der Waals surface area contributed by atoms with E-state index in [0.717, 1.165) is 18.9 Å². The van der Waals surface area contributed by atoms with Crippen LogP contribution in [0, 0.1) is 23.2 Å². The van der Waals surface area contributed by atoms with E-state index in [2.05, 4.69) is 31.4 Å². The second kappa shape index (κ2) is 6.44. The summed E-state index contributed by atoms with van der Waals surface area (Å²) in [4.78, 5) is 12.1. The summed E-state index contributed by atoms with van der Waals surface area (Å²) in [7, 11) is 0. The van der Waals surface area contributed by atoms with Crippen molar-refractivity contribution >= 4 is 5.91 Å². The third-order valence-electron chi connectivity index (χ3n) is 4.82. The fourth-order valence-corrected chi connectivity index (χ4v) is 4.21. The molecule has 0 radical (unpaired) electrons. The van der Waals surface area contributed by atoms with E-state index in [0.29, 0.717) is 30.8 Å². The first-order valence-electron chi connectivity index (χ1n) is 8.01. The molecule has 4 nitrogen and oxygen atoms in total. The topological polar surface area (TPSA) is 61.4 Å². The molecule has 0 spiro atoms. The average molecular weight is 282 g/mol. The number of carbonyl (C=O) groups excluding carboxylic acids is 1. The normalized spacial score (nSPS) is 36.8. The highest BCUT2D eigenvalue weighted by Crippen LogP contribution is 2.42. The van der Waals surface area contributed by atoms with E-state index in [4.69, 9.17) is 0 Å². The van der Waals surface area contributed by atoms with Gasteiger partial charge in [0.2, 0.25) is 5.91 Å². The molecule has 1 aliphatic carbocycles. The summed E-state index contributed by atoms with van der Waals surface area (Å²) >= 11 is 0. The Morgan fingerprint density at radius 3 is 2.70 bits per heavy atom. The van der Waals surface area contributed by atoms with Crippen molar-refractivity contribution in [3.05, 3.63) is 0 Å². The van der Waals surface area contributed by atoms with E-state index in [1.165, 1.54) is 12.8 Å². The number of hydrogen-bond acceptors (Lipinski definition) is 3. The molecule has 2 rings (SSSR count). The number of nitrogens with one attached hydrogen (secondary N) is 2. The van der Waals surface area contributed by atoms with Gasteiger partial charge < -0.3 is 15.7 Å². The molecule has 1 heterocycles. The van der Waals surface area contributed by atoms with E-state index in [-0.39, 0.29) is 17.9 Å². The van der Waals surface area contributed by atoms with Crippen LogP contribution in [0.1, 0.15) is 46.5 Å². The van der Waals surface area contributed by atoms with E-state index >= 15 is 0 Å². The van der Waals surface area contributed by atoms with Crippen molar-refractivity contribution < 1.29 is 9.90 Å². The van der Waals surface area contributed by atoms with Gasteiger partial charge in [-0.15, -0.1) is 0 Å². The molecular formula is C16H30N2O2. The third-order valence-corrected chi connectivity index (χ3v) is 4.82. The van der Waals surface area contributed by atoms with E-state index in [1.54, 1.807) is 0 Å². The first-order valence-corrected chi connectivity index (χ1v) is 8.01. The Balaban J connectivity index is 1.73. The maximum Gasteiger partial charge on any atom is 0.220 e. The van der Waals surface area contributed by atoms with Gasteiger partial charge in [0.25, 0.3) is 0 Å². The molecule has 0 aromatic heterocycles. The smallest absolute Gasteiger partial charge is 0.220 e. The number of amides is 1. The Kier molecular flexibility index (Phi) is 5.08. The minimum atomic E-state index is -0.316. The molecule has 4 heteroatoms. The average Bonchev–Trinajstić information content (AvgIpc) is 2.69. The van der Waals surface area contributed by atoms with Crippen molar-refractivity contribution in [2.24, 2.45) is 23.2 Å². The van der Waals surface area contributed by atoms with Crippen LogP contribution in [0.15, 0.2) is 0 Å². The highest BCUT2D eigenvalue weighted by molar-refractivity contribution is 5.76. The lowest BCUT2D eigenvalue weighted by Crippen LogP contribution is -2.36. The van der Waals surface area contributed by atoms with Crippen LogP contribution in [0.4, 0.5) is 0 Å². The predicted octanol–water partition coefficient (Wildman–Crippen LogP) is 1.54. The molecule has 0 bridgehead atoms. The van der Waals surface area contributed by atoms with Crippen molar-refractivity contribution in [3.63, 3.8) is 0 Å². The largest absolute Gasteiger partial charge is 0.391 e. The van der Waals surface area contributed by atoms with Gasteiger partial charge in [0, 0.05) is 32.0 Å². The van der Waals surface area contributed by atoms with Gasteiger partial charge in [0.05, 0.1) is 6.10 Å². The van der Waals surface area contributed by atoms with Crippen molar-refractivity contribution in [1.29, 1.82) is 0 Å². The van der Waals surface area contributed by atoms with Crippen molar-refractivity contribution in [2.75, 3.05) is 19.6 Å². The highest BCUT2D eigenvalue weighted by atomic mass is 16.3. The van der Waals surface area contributed by atoms with E-state index in [1.807, 2.05) is 0 Å². The molecule has 1 saturated carbocycles. The molecule has 3 N–H and O–H groups in total. The first-order chi connectivity index (χ1) is 9.35. The Hall–Kier alpha value is -0.610. The molecule has 4 unspecified atom stereocenters. The Labute approximate surface area is 122 Å². The number of carbonyl (C=O) groups is 1. The fraction of sp³-hybridized carbons (Fsp3) is 0.938. The summed E-state index contributed by atoms with van der Waals surface area (Å²) in [5, 5.41) is 15.9. The minimum Gasteiger partial charge on any atom is -0.391 e. The fourth-order valence-electron chi connectivity index (χ4n) is 4.21. The lowest BCUT2D eigenvalue weighted by molar-refractivity contribution is -0.122. The van der Waals surface area contributed by atoms with Gasteiger partial charge in [-0.05, 0) is 36.5 Å². The molecule has 1 amide bonds. The number of rotatable bonds is 4. The number of β-amino-alcohol motifs (C(OH)–C–C–N with tert-alkyl or cyclic N) is 1. The second-order valence-corrected chi connectivity index (χ2v) is 7.77. The molecule has 1 aliphatic heterocycles. The zero-order valence-electron chi connectivity index (χ0n) is 13.1. The summed E-state index contributed by atoms with van der Waals surface area (Å²) in [5.74, 6) is 1.55. The predicted molar refractivity (Wildman–Crippen MR) is 80.3 cm³/mol. The standard InChI is InChI=1S/C16H30N2O2/c1-11-4-12(7-16(2,3)6-11)5-15(20)18-9-13-8-17-10-14(13)19/h11-14,17,19H,4-10H2,1-3H3,(H,18,20). The van der Waals surface area contributed by atoms with Gasteiger partial charge in [-0.2, -0.15) is 0 Å². The monoisotopic (exact) mass is 282 g/mol. The quantitative estimate of drug-likeness (QED) is 0.733. The van der Waals surface area contributed by atoms with Gasteiger partial charge in [-0.25, -0.2) is 0 Å². The highest BCUT2D eigenvalue weighted by Gasteiger charge is 2.33. The van der Waals surface area contributed by atoms with E-state index in [9.17, 15) is 9.90 Å². The van der Waals surface area contributed by atoms with Crippen LogP contribution >= 0.6 is 0 Å². The minimum absolute atomic E-state index is 0.152. The molecule has 2 fully saturated rings. The van der Waals surface area contributed by atoms with Crippen LogP contribution in [0.5, 0.6) is 0 Å². The molecule has 0 aromatic rings. The zero-order valence-corrected chi connectivity index (χ0v) is 13.1. The summed E-state index contributed by atoms with van der Waals surface area (Å²) in [6.45, 7) is 8.97. The number of aliphatic hydroxyl groups excluding tert-OH is 1. The molecule has 0 aromatic carbocycles. The van der Waals surface area contributed by atoms with Gasteiger partial charge in [-0.3, -0.25) is 4.79 Å². The summed E-state index contributed by atoms with van der Waals surface area (Å²) in [6, 6.07) is 0. The zero-order chi connectivity index (χ0) is 14.8. The molecule has 20 heavy (non-hydrogen) atoms. The Morgan fingerprint density at radius 2 is 2.10 bits per heavy atom. The lowest BCUT2D eigenvalue weighted by Gasteiger charge is -2.38. The van der Waals surface area contributed by atoms with Gasteiger partial charge in [-0.1, -0.05) is 20.8 Å². The SMILES string of the molecule is CC1CC(CC(=O)NCC2CNCC2O)CC(C)(C)C1. The van der Waals surface area contributed by atoms with Crippen LogP contribution in [0.25, 0.3) is 0 Å². The van der Waals surface area contributed by atoms with Crippen LogP contribution in [0.3, 0.4) is 0 Å². The van der Waals surface area contributed by atoms with Crippen molar-refractivity contribution in [2.45, 2.75) is 52.6 Å². The molecular weight excluding hydrogens is 252 g/mol. The van der Waals surface area contributed by atoms with Crippen LogP contribution in [-0.4, -0.2) is 36.8 Å². The summed E-state index contributed by atoms with van der Waals surface area (Å²) < 4.78 is 0. The Bertz CT molecular complexity index is 343. The first kappa shape index (κ1) is 15.8. The maximum atomic E-state index is 12.1. The molecule has 4 atom stereocenters. The lowest BCUT2D eigenvalue weighted by atomic mass is 9.67. The number of aliphatic hydroxyl groups is 1.